The highest BCUT2D eigenvalue weighted by molar-refractivity contribution is 5.85. The lowest BCUT2D eigenvalue weighted by molar-refractivity contribution is -0.147. The minimum absolute atomic E-state index is 0.0317. The quantitative estimate of drug-likeness (QED) is 0.893. The molecule has 5 nitrogen and oxygen atoms in total. The SMILES string of the molecule is O=C(N[C@@]1(C(=O)O)C[C@H]2CC[C@@H]1C2)OCc1ccccc1. The minimum Gasteiger partial charge on any atom is -0.479 e. The van der Waals surface area contributed by atoms with Crippen molar-refractivity contribution >= 4 is 12.1 Å². The Hall–Kier alpha value is -2.04. The number of alkyl carbamates (subject to hydrolysis) is 1. The Morgan fingerprint density at radius 2 is 2.05 bits per heavy atom. The molecule has 0 aliphatic heterocycles. The third-order valence-corrected chi connectivity index (χ3v) is 4.77. The highest BCUT2D eigenvalue weighted by atomic mass is 16.5. The van der Waals surface area contributed by atoms with E-state index in [1.165, 1.54) is 0 Å². The Morgan fingerprint density at radius 3 is 2.62 bits per heavy atom. The van der Waals surface area contributed by atoms with Crippen molar-refractivity contribution in [1.82, 2.24) is 5.32 Å². The maximum atomic E-state index is 12.0. The number of aliphatic carboxylic acids is 1. The van der Waals surface area contributed by atoms with Crippen LogP contribution in [0.4, 0.5) is 4.79 Å². The van der Waals surface area contributed by atoms with Gasteiger partial charge in [-0.2, -0.15) is 0 Å². The molecule has 0 heterocycles. The molecule has 2 fully saturated rings. The summed E-state index contributed by atoms with van der Waals surface area (Å²) < 4.78 is 5.16. The largest absolute Gasteiger partial charge is 0.479 e. The zero-order valence-corrected chi connectivity index (χ0v) is 11.7. The van der Waals surface area contributed by atoms with Gasteiger partial charge in [0.05, 0.1) is 0 Å². The number of amides is 1. The van der Waals surface area contributed by atoms with Crippen molar-refractivity contribution in [2.45, 2.75) is 37.8 Å². The molecule has 1 aromatic rings. The van der Waals surface area contributed by atoms with Crippen LogP contribution in [0.15, 0.2) is 30.3 Å². The number of nitrogens with one attached hydrogen (secondary N) is 1. The van der Waals surface area contributed by atoms with Crippen molar-refractivity contribution in [3.8, 4) is 0 Å². The van der Waals surface area contributed by atoms with Crippen LogP contribution < -0.4 is 5.32 Å². The van der Waals surface area contributed by atoms with Crippen molar-refractivity contribution in [2.24, 2.45) is 11.8 Å². The van der Waals surface area contributed by atoms with E-state index in [9.17, 15) is 14.7 Å². The first kappa shape index (κ1) is 13.9. The standard InChI is InChI=1S/C16H19NO4/c18-14(19)16(9-12-6-7-13(16)8-12)17-15(20)21-10-11-4-2-1-3-5-11/h1-5,12-13H,6-10H2,(H,17,20)(H,18,19)/t12-,13+,16-/m0/s1. The van der Waals surface area contributed by atoms with Crippen LogP contribution in [0.2, 0.25) is 0 Å². The summed E-state index contributed by atoms with van der Waals surface area (Å²) in [4.78, 5) is 23.6. The van der Waals surface area contributed by atoms with Crippen molar-refractivity contribution in [3.63, 3.8) is 0 Å². The fourth-order valence-electron chi connectivity index (χ4n) is 3.74. The maximum absolute atomic E-state index is 12.0. The predicted octanol–water partition coefficient (Wildman–Crippen LogP) is 2.56. The maximum Gasteiger partial charge on any atom is 0.408 e. The van der Waals surface area contributed by atoms with Crippen LogP contribution >= 0.6 is 0 Å². The minimum atomic E-state index is -1.13. The van der Waals surface area contributed by atoms with Gasteiger partial charge in [0, 0.05) is 0 Å². The summed E-state index contributed by atoms with van der Waals surface area (Å²) in [7, 11) is 0. The third-order valence-electron chi connectivity index (χ3n) is 4.77. The number of benzene rings is 1. The molecule has 2 aliphatic carbocycles. The van der Waals surface area contributed by atoms with Crippen LogP contribution in [-0.4, -0.2) is 22.7 Å². The van der Waals surface area contributed by atoms with Gasteiger partial charge in [-0.05, 0) is 43.1 Å². The number of hydrogen-bond donors (Lipinski definition) is 2. The second kappa shape index (κ2) is 5.39. The molecule has 0 spiro atoms. The van der Waals surface area contributed by atoms with Crippen molar-refractivity contribution in [3.05, 3.63) is 35.9 Å². The summed E-state index contributed by atoms with van der Waals surface area (Å²) in [5.74, 6) is -0.490. The van der Waals surface area contributed by atoms with E-state index in [0.29, 0.717) is 12.3 Å². The third kappa shape index (κ3) is 2.60. The highest BCUT2D eigenvalue weighted by Gasteiger charge is 2.57. The Balaban J connectivity index is 1.62. The van der Waals surface area contributed by atoms with E-state index in [-0.39, 0.29) is 12.5 Å². The van der Waals surface area contributed by atoms with Gasteiger partial charge in [0.25, 0.3) is 0 Å². The summed E-state index contributed by atoms with van der Waals surface area (Å²) in [6, 6.07) is 9.34. The number of rotatable bonds is 4. The predicted molar refractivity (Wildman–Crippen MR) is 75.6 cm³/mol. The van der Waals surface area contributed by atoms with E-state index in [2.05, 4.69) is 5.32 Å². The van der Waals surface area contributed by atoms with Crippen molar-refractivity contribution < 1.29 is 19.4 Å². The summed E-state index contributed by atoms with van der Waals surface area (Å²) in [5.41, 5.74) is -0.249. The van der Waals surface area contributed by atoms with Gasteiger partial charge >= 0.3 is 12.1 Å². The normalized spacial score (nSPS) is 30.1. The molecule has 1 aromatic carbocycles. The van der Waals surface area contributed by atoms with Crippen LogP contribution in [0.25, 0.3) is 0 Å². The highest BCUT2D eigenvalue weighted by Crippen LogP contribution is 2.50. The number of fused-ring (bicyclic) bond motifs is 2. The van der Waals surface area contributed by atoms with Gasteiger partial charge in [0.15, 0.2) is 0 Å². The van der Waals surface area contributed by atoms with Crippen molar-refractivity contribution in [1.29, 1.82) is 0 Å². The Labute approximate surface area is 123 Å². The van der Waals surface area contributed by atoms with Crippen LogP contribution in [0.5, 0.6) is 0 Å². The Kier molecular flexibility index (Phi) is 3.57. The van der Waals surface area contributed by atoms with E-state index < -0.39 is 17.6 Å². The van der Waals surface area contributed by atoms with Crippen LogP contribution in [0, 0.1) is 11.8 Å². The Bertz CT molecular complexity index is 544. The average molecular weight is 289 g/mol. The van der Waals surface area contributed by atoms with Gasteiger partial charge in [0.1, 0.15) is 12.1 Å². The monoisotopic (exact) mass is 289 g/mol. The second-order valence-corrected chi connectivity index (χ2v) is 6.04. The van der Waals surface area contributed by atoms with Gasteiger partial charge in [-0.25, -0.2) is 9.59 Å². The lowest BCUT2D eigenvalue weighted by Crippen LogP contribution is -2.58. The molecule has 21 heavy (non-hydrogen) atoms. The zero-order valence-electron chi connectivity index (χ0n) is 11.7. The van der Waals surface area contributed by atoms with E-state index in [0.717, 1.165) is 24.8 Å². The molecule has 0 radical (unpaired) electrons. The summed E-state index contributed by atoms with van der Waals surface area (Å²) in [5, 5.41) is 12.2. The molecule has 112 valence electrons. The molecule has 2 bridgehead atoms. The van der Waals surface area contributed by atoms with E-state index in [1.54, 1.807) is 0 Å². The molecule has 3 atom stereocenters. The zero-order chi connectivity index (χ0) is 14.9. The lowest BCUT2D eigenvalue weighted by atomic mass is 9.81. The number of carbonyl (C=O) groups excluding carboxylic acids is 1. The fourth-order valence-corrected chi connectivity index (χ4v) is 3.74. The number of carboxylic acid groups (broad SMARTS) is 1. The smallest absolute Gasteiger partial charge is 0.408 e. The van der Waals surface area contributed by atoms with Gasteiger partial charge in [-0.15, -0.1) is 0 Å². The summed E-state index contributed by atoms with van der Waals surface area (Å²) in [6.07, 6.45) is 2.71. The first-order valence-electron chi connectivity index (χ1n) is 7.32. The van der Waals surface area contributed by atoms with Gasteiger partial charge in [-0.1, -0.05) is 30.3 Å². The fraction of sp³-hybridized carbons (Fsp3) is 0.500. The molecule has 0 saturated heterocycles. The molecule has 2 saturated carbocycles. The molecule has 3 rings (SSSR count). The van der Waals surface area contributed by atoms with Gasteiger partial charge in [0.2, 0.25) is 0 Å². The van der Waals surface area contributed by atoms with Gasteiger partial charge < -0.3 is 15.2 Å². The lowest BCUT2D eigenvalue weighted by Gasteiger charge is -2.33. The molecule has 5 heteroatoms. The summed E-state index contributed by atoms with van der Waals surface area (Å²) >= 11 is 0. The van der Waals surface area contributed by atoms with Crippen LogP contribution in [-0.2, 0) is 16.1 Å². The topological polar surface area (TPSA) is 75.6 Å². The molecule has 2 N–H and O–H groups in total. The van der Waals surface area contributed by atoms with Gasteiger partial charge in [-0.3, -0.25) is 0 Å². The second-order valence-electron chi connectivity index (χ2n) is 6.04. The van der Waals surface area contributed by atoms with Crippen LogP contribution in [0.3, 0.4) is 0 Å². The molecule has 1 amide bonds. The molecule has 0 unspecified atom stereocenters. The van der Waals surface area contributed by atoms with E-state index >= 15 is 0 Å². The number of carbonyl (C=O) groups is 2. The molecular weight excluding hydrogens is 270 g/mol. The molecule has 0 aromatic heterocycles. The number of carboxylic acids is 1. The molecular formula is C16H19NO4. The number of hydrogen-bond acceptors (Lipinski definition) is 3. The molecule has 2 aliphatic rings. The first-order chi connectivity index (χ1) is 10.1. The first-order valence-corrected chi connectivity index (χ1v) is 7.32. The number of ether oxygens (including phenoxy) is 1. The van der Waals surface area contributed by atoms with Crippen LogP contribution in [0.1, 0.15) is 31.2 Å². The van der Waals surface area contributed by atoms with E-state index in [1.807, 2.05) is 30.3 Å². The summed E-state index contributed by atoms with van der Waals surface area (Å²) in [6.45, 7) is 0.149. The average Bonchev–Trinajstić information content (AvgIpc) is 3.07. The van der Waals surface area contributed by atoms with Crippen molar-refractivity contribution in [2.75, 3.05) is 0 Å². The Morgan fingerprint density at radius 1 is 1.29 bits per heavy atom. The van der Waals surface area contributed by atoms with E-state index in [4.69, 9.17) is 4.74 Å².